The van der Waals surface area contributed by atoms with Crippen LogP contribution in [0.25, 0.3) is 0 Å². The number of amides is 1. The molecular weight excluding hydrogens is 345 g/mol. The molecule has 0 saturated carbocycles. The smallest absolute Gasteiger partial charge is 0.222 e. The van der Waals surface area contributed by atoms with E-state index in [0.29, 0.717) is 19.3 Å². The zero-order chi connectivity index (χ0) is 18.1. The molecule has 0 N–H and O–H groups in total. The lowest BCUT2D eigenvalue weighted by atomic mass is 10.0. The molecule has 0 aliphatic carbocycles. The predicted molar refractivity (Wildman–Crippen MR) is 88.8 cm³/mol. The van der Waals surface area contributed by atoms with Gasteiger partial charge in [-0.25, -0.2) is 12.8 Å². The quantitative estimate of drug-likeness (QED) is 0.697. The summed E-state index contributed by atoms with van der Waals surface area (Å²) in [5, 5.41) is 7.18. The van der Waals surface area contributed by atoms with Crippen LogP contribution in [0, 0.1) is 18.2 Å². The van der Waals surface area contributed by atoms with Crippen molar-refractivity contribution in [2.45, 2.75) is 41.5 Å². The first-order valence-electron chi connectivity index (χ1n) is 8.02. The van der Waals surface area contributed by atoms with Crippen molar-refractivity contribution in [3.63, 3.8) is 0 Å². The summed E-state index contributed by atoms with van der Waals surface area (Å²) in [5.74, 6) is 1.62. The van der Waals surface area contributed by atoms with Gasteiger partial charge in [-0.1, -0.05) is 12.1 Å². The highest BCUT2D eigenvalue weighted by Gasteiger charge is 2.43. The fourth-order valence-corrected chi connectivity index (χ4v) is 4.55. The van der Waals surface area contributed by atoms with E-state index in [4.69, 9.17) is 6.42 Å². The molecule has 8 heteroatoms. The number of nitrogens with zero attached hydrogens (tertiary/aromatic N) is 3. The molecule has 1 aromatic carbocycles. The number of hydrogen-bond acceptors (Lipinski definition) is 5. The number of benzene rings is 1. The van der Waals surface area contributed by atoms with E-state index in [-0.39, 0.29) is 30.3 Å². The predicted octanol–water partition coefficient (Wildman–Crippen LogP) is 2.17. The van der Waals surface area contributed by atoms with Gasteiger partial charge in [0.1, 0.15) is 16.0 Å². The molecule has 0 unspecified atom stereocenters. The van der Waals surface area contributed by atoms with Gasteiger partial charge in [0.05, 0.1) is 0 Å². The van der Waals surface area contributed by atoms with Crippen molar-refractivity contribution in [1.29, 1.82) is 0 Å². The first kappa shape index (κ1) is 17.5. The Morgan fingerprint density at radius 2 is 2.00 bits per heavy atom. The largest absolute Gasteiger partial charge is 0.340 e. The van der Waals surface area contributed by atoms with Crippen LogP contribution in [0.5, 0.6) is 0 Å². The minimum absolute atomic E-state index is 0.0845. The van der Waals surface area contributed by atoms with E-state index >= 15 is 0 Å². The number of rotatable bonds is 7. The standard InChI is InChI=1S/C17H18FN3O3S/c1-2-3-9-17(19-20-17)10-8-16(22)21-11-13(12-21)25(23,24)15-7-5-4-6-14(15)18/h1,4-7,13H,3,8-12H2. The maximum absolute atomic E-state index is 13.7. The number of carbonyl (C=O) groups is 1. The Morgan fingerprint density at radius 1 is 1.32 bits per heavy atom. The molecule has 1 saturated heterocycles. The molecule has 2 aliphatic heterocycles. The zero-order valence-electron chi connectivity index (χ0n) is 13.6. The minimum Gasteiger partial charge on any atom is -0.340 e. The summed E-state index contributed by atoms with van der Waals surface area (Å²) in [7, 11) is -3.77. The van der Waals surface area contributed by atoms with E-state index < -0.39 is 26.6 Å². The normalized spacial score (nSPS) is 18.5. The summed E-state index contributed by atoms with van der Waals surface area (Å²) in [4.78, 5) is 13.3. The fourth-order valence-electron chi connectivity index (χ4n) is 2.83. The average molecular weight is 363 g/mol. The van der Waals surface area contributed by atoms with Gasteiger partial charge >= 0.3 is 0 Å². The number of likely N-dealkylation sites (tertiary alicyclic amines) is 1. The SMILES string of the molecule is C#CCCC1(CCC(=O)N2CC(S(=O)(=O)c3ccccc3F)C2)N=N1. The van der Waals surface area contributed by atoms with Gasteiger partial charge in [-0.2, -0.15) is 10.2 Å². The van der Waals surface area contributed by atoms with Gasteiger partial charge < -0.3 is 4.90 Å². The molecule has 0 radical (unpaired) electrons. The van der Waals surface area contributed by atoms with Gasteiger partial charge in [-0.05, 0) is 12.1 Å². The first-order chi connectivity index (χ1) is 11.9. The van der Waals surface area contributed by atoms with E-state index in [1.807, 2.05) is 0 Å². The lowest BCUT2D eigenvalue weighted by Crippen LogP contribution is -2.57. The van der Waals surface area contributed by atoms with Crippen molar-refractivity contribution in [3.8, 4) is 12.3 Å². The van der Waals surface area contributed by atoms with Crippen LogP contribution in [0.15, 0.2) is 39.4 Å². The highest BCUT2D eigenvalue weighted by atomic mass is 32.2. The van der Waals surface area contributed by atoms with Crippen molar-refractivity contribution in [2.24, 2.45) is 10.2 Å². The van der Waals surface area contributed by atoms with Crippen LogP contribution in [0.1, 0.15) is 25.7 Å². The van der Waals surface area contributed by atoms with E-state index in [1.54, 1.807) is 0 Å². The molecule has 2 aliphatic rings. The van der Waals surface area contributed by atoms with Crippen molar-refractivity contribution in [3.05, 3.63) is 30.1 Å². The summed E-state index contributed by atoms with van der Waals surface area (Å²) >= 11 is 0. The topological polar surface area (TPSA) is 79.2 Å². The second-order valence-electron chi connectivity index (χ2n) is 6.28. The van der Waals surface area contributed by atoms with E-state index in [1.165, 1.54) is 23.1 Å². The van der Waals surface area contributed by atoms with Crippen molar-refractivity contribution in [1.82, 2.24) is 4.90 Å². The Balaban J connectivity index is 1.51. The molecule has 25 heavy (non-hydrogen) atoms. The fraction of sp³-hybridized carbons (Fsp3) is 0.471. The van der Waals surface area contributed by atoms with Crippen LogP contribution in [-0.2, 0) is 14.6 Å². The maximum atomic E-state index is 13.7. The maximum Gasteiger partial charge on any atom is 0.222 e. The third-order valence-corrected chi connectivity index (χ3v) is 6.69. The Bertz CT molecular complexity index is 848. The molecule has 0 aromatic heterocycles. The third-order valence-electron chi connectivity index (χ3n) is 4.57. The van der Waals surface area contributed by atoms with E-state index in [0.717, 1.165) is 6.07 Å². The monoisotopic (exact) mass is 363 g/mol. The minimum atomic E-state index is -3.77. The average Bonchev–Trinajstić information content (AvgIpc) is 3.30. The van der Waals surface area contributed by atoms with E-state index in [9.17, 15) is 17.6 Å². The second kappa shape index (κ2) is 6.56. The molecule has 0 atom stereocenters. The molecular formula is C17H18FN3O3S. The van der Waals surface area contributed by atoms with Gasteiger partial charge in [-0.3, -0.25) is 4.79 Å². The number of halogens is 1. The van der Waals surface area contributed by atoms with Crippen LogP contribution >= 0.6 is 0 Å². The van der Waals surface area contributed by atoms with Crippen LogP contribution in [0.3, 0.4) is 0 Å². The summed E-state index contributed by atoms with van der Waals surface area (Å²) in [6.45, 7) is 0.169. The lowest BCUT2D eigenvalue weighted by molar-refractivity contribution is -0.134. The zero-order valence-corrected chi connectivity index (χ0v) is 14.4. The summed E-state index contributed by atoms with van der Waals surface area (Å²) in [5.41, 5.74) is -0.522. The van der Waals surface area contributed by atoms with Crippen LogP contribution in [0.2, 0.25) is 0 Å². The number of carbonyl (C=O) groups excluding carboxylic acids is 1. The van der Waals surface area contributed by atoms with Crippen LogP contribution in [0.4, 0.5) is 4.39 Å². The van der Waals surface area contributed by atoms with Crippen molar-refractivity contribution in [2.75, 3.05) is 13.1 Å². The molecule has 0 bridgehead atoms. The number of terminal acetylenes is 1. The molecule has 0 spiro atoms. The molecule has 1 aromatic rings. The van der Waals surface area contributed by atoms with Crippen molar-refractivity contribution < 1.29 is 17.6 Å². The first-order valence-corrected chi connectivity index (χ1v) is 9.56. The summed E-state index contributed by atoms with van der Waals surface area (Å²) in [6.07, 6.45) is 7.12. The summed E-state index contributed by atoms with van der Waals surface area (Å²) in [6, 6.07) is 5.29. The van der Waals surface area contributed by atoms with Gasteiger partial charge in [0.15, 0.2) is 15.5 Å². The van der Waals surface area contributed by atoms with Gasteiger partial charge in [-0.15, -0.1) is 12.3 Å². The van der Waals surface area contributed by atoms with Gasteiger partial charge in [0.2, 0.25) is 5.91 Å². The summed E-state index contributed by atoms with van der Waals surface area (Å²) < 4.78 is 38.6. The molecule has 6 nitrogen and oxygen atoms in total. The number of hydrogen-bond donors (Lipinski definition) is 0. The van der Waals surface area contributed by atoms with Crippen LogP contribution in [-0.4, -0.2) is 43.2 Å². The van der Waals surface area contributed by atoms with Crippen LogP contribution < -0.4 is 0 Å². The molecule has 132 valence electrons. The third kappa shape index (κ3) is 3.56. The highest BCUT2D eigenvalue weighted by molar-refractivity contribution is 7.92. The van der Waals surface area contributed by atoms with Gasteiger partial charge in [0.25, 0.3) is 0 Å². The second-order valence-corrected chi connectivity index (χ2v) is 8.48. The molecule has 1 fully saturated rings. The van der Waals surface area contributed by atoms with Gasteiger partial charge in [0, 0.05) is 38.8 Å². The molecule has 3 rings (SSSR count). The number of sulfone groups is 1. The Hall–Kier alpha value is -2.27. The van der Waals surface area contributed by atoms with E-state index in [2.05, 4.69) is 16.1 Å². The Morgan fingerprint density at radius 3 is 2.60 bits per heavy atom. The Labute approximate surface area is 146 Å². The molecule has 2 heterocycles. The Kier molecular flexibility index (Phi) is 4.60. The van der Waals surface area contributed by atoms with Crippen molar-refractivity contribution >= 4 is 15.7 Å². The molecule has 1 amide bonds. The lowest BCUT2D eigenvalue weighted by Gasteiger charge is -2.38. The highest BCUT2D eigenvalue weighted by Crippen LogP contribution is 2.38.